The van der Waals surface area contributed by atoms with E-state index in [2.05, 4.69) is 54.5 Å². The zero-order chi connectivity index (χ0) is 57.3. The number of unbranched alkanes of at least 4 members (excludes halogenated alkanes) is 28. The number of fused-ring (bicyclic) bond motifs is 5. The Labute approximate surface area is 510 Å². The maximum Gasteiger partial charge on any atom is 0.305 e. The Morgan fingerprint density at radius 2 is 0.949 bits per heavy atom. The van der Waals surface area contributed by atoms with Gasteiger partial charge in [0.1, 0.15) is 25.4 Å². The molecule has 0 aliphatic heterocycles. The van der Waals surface area contributed by atoms with Gasteiger partial charge in [-0.2, -0.15) is 0 Å². The number of hydrogen-bond acceptors (Lipinski definition) is 9. The van der Waals surface area contributed by atoms with Crippen molar-refractivity contribution in [1.29, 1.82) is 0 Å². The van der Waals surface area contributed by atoms with Crippen LogP contribution in [-0.2, 0) is 19.1 Å². The average molecular weight is 1130 g/mol. The molecule has 4 aliphatic rings. The Bertz CT molecular complexity index is 1440. The summed E-state index contributed by atoms with van der Waals surface area (Å²) in [5.41, 5.74) is 2.60. The summed E-state index contributed by atoms with van der Waals surface area (Å²) >= 11 is 0. The molecule has 0 aromatic heterocycles. The molecule has 9 nitrogen and oxygen atoms in total. The number of aliphatic hydroxyl groups is 5. The van der Waals surface area contributed by atoms with E-state index in [9.17, 15) is 14.7 Å². The first kappa shape index (κ1) is 76.5. The molecule has 1 radical (unpaired) electrons. The van der Waals surface area contributed by atoms with Crippen molar-refractivity contribution in [3.8, 4) is 0 Å². The van der Waals surface area contributed by atoms with E-state index in [0.717, 1.165) is 74.0 Å². The number of carbonyl (C=O) groups excluding carboxylic acids is 2. The number of carbonyl (C=O) groups is 2. The van der Waals surface area contributed by atoms with Crippen LogP contribution in [0.2, 0.25) is 0 Å². The number of aliphatic hydroxyl groups excluding tert-OH is 5. The standard InChI is InChI=1S/C27H46O.2C21H42O4.Na/c1-18(2)7-6-8-19(3)23-11-12-24-22-10-9-20-17-21(28)13-15-26(20,4)25(22)14-16-27(23,24)5;2*1-2-3-4-5-6-7-8-9-10-11-12-13-14-15-16-17-21(24)25-19-20(23)18-22;/h9,18-19,21-25,28H,6-8,10-17H2,1-5H3;2*20,22-23H,2-19H2,1H3;/t19-,21+,22+,23-,24+,25+,26+,27-;;;/m1.../s1. The van der Waals surface area contributed by atoms with Crippen LogP contribution < -0.4 is 0 Å². The maximum atomic E-state index is 11.4. The smallest absolute Gasteiger partial charge is 0.305 e. The van der Waals surface area contributed by atoms with Crippen molar-refractivity contribution in [1.82, 2.24) is 0 Å². The third kappa shape index (κ3) is 33.1. The molecule has 4 rings (SSSR count). The zero-order valence-electron chi connectivity index (χ0n) is 53.4. The molecule has 0 spiro atoms. The third-order valence-electron chi connectivity index (χ3n) is 19.5. The van der Waals surface area contributed by atoms with Gasteiger partial charge in [0.15, 0.2) is 0 Å². The van der Waals surface area contributed by atoms with Gasteiger partial charge in [0, 0.05) is 42.4 Å². The summed E-state index contributed by atoms with van der Waals surface area (Å²) in [6.07, 6.45) is 55.2. The van der Waals surface area contributed by atoms with Crippen LogP contribution in [-0.4, -0.2) is 112 Å². The molecule has 0 aromatic rings. The Morgan fingerprint density at radius 3 is 1.34 bits per heavy atom. The first-order chi connectivity index (χ1) is 37.7. The second-order valence-corrected chi connectivity index (χ2v) is 26.6. The van der Waals surface area contributed by atoms with Crippen LogP contribution in [0, 0.1) is 46.3 Å². The van der Waals surface area contributed by atoms with Crippen molar-refractivity contribution in [2.24, 2.45) is 46.3 Å². The van der Waals surface area contributed by atoms with E-state index in [4.69, 9.17) is 29.9 Å². The fourth-order valence-electron chi connectivity index (χ4n) is 14.6. The van der Waals surface area contributed by atoms with Crippen LogP contribution in [0.4, 0.5) is 0 Å². The van der Waals surface area contributed by atoms with Crippen molar-refractivity contribution in [2.45, 2.75) is 343 Å². The summed E-state index contributed by atoms with van der Waals surface area (Å²) in [6.45, 7) is 16.2. The van der Waals surface area contributed by atoms with Crippen LogP contribution in [0.25, 0.3) is 0 Å². The molecule has 10 atom stereocenters. The molecule has 3 fully saturated rings. The van der Waals surface area contributed by atoms with Crippen LogP contribution in [0.1, 0.15) is 325 Å². The van der Waals surface area contributed by atoms with E-state index >= 15 is 0 Å². The normalized spacial score (nSPS) is 24.3. The largest absolute Gasteiger partial charge is 0.463 e. The van der Waals surface area contributed by atoms with E-state index in [0.29, 0.717) is 23.7 Å². The topological polar surface area (TPSA) is 154 Å². The van der Waals surface area contributed by atoms with Crippen LogP contribution in [0.15, 0.2) is 11.6 Å². The van der Waals surface area contributed by atoms with Crippen molar-refractivity contribution < 1.29 is 44.6 Å². The summed E-state index contributed by atoms with van der Waals surface area (Å²) in [4.78, 5) is 22.8. The van der Waals surface area contributed by atoms with E-state index in [1.165, 1.54) is 225 Å². The Morgan fingerprint density at radius 1 is 0.544 bits per heavy atom. The molecule has 4 aliphatic carbocycles. The fourth-order valence-corrected chi connectivity index (χ4v) is 14.6. The monoisotopic (exact) mass is 1130 g/mol. The minimum absolute atomic E-state index is 0. The summed E-state index contributed by atoms with van der Waals surface area (Å²) in [5, 5.41) is 45.6. The number of esters is 2. The van der Waals surface area contributed by atoms with Gasteiger partial charge in [-0.05, 0) is 111 Å². The molecule has 79 heavy (non-hydrogen) atoms. The van der Waals surface area contributed by atoms with Gasteiger partial charge in [-0.1, -0.05) is 259 Å². The predicted molar refractivity (Wildman–Crippen MR) is 332 cm³/mol. The zero-order valence-corrected chi connectivity index (χ0v) is 55.4. The Balaban J connectivity index is 0.000000591. The van der Waals surface area contributed by atoms with Gasteiger partial charge >= 0.3 is 11.9 Å². The van der Waals surface area contributed by atoms with Crippen molar-refractivity contribution >= 4 is 41.5 Å². The van der Waals surface area contributed by atoms with Gasteiger partial charge in [0.05, 0.1) is 19.3 Å². The summed E-state index contributed by atoms with van der Waals surface area (Å²) in [7, 11) is 0. The molecule has 461 valence electrons. The molecule has 0 bridgehead atoms. The van der Waals surface area contributed by atoms with Gasteiger partial charge in [0.25, 0.3) is 0 Å². The summed E-state index contributed by atoms with van der Waals surface area (Å²) < 4.78 is 9.73. The molecular weight excluding hydrogens is 996 g/mol. The van der Waals surface area contributed by atoms with Crippen LogP contribution in [0.5, 0.6) is 0 Å². The molecular formula is C69H130NaO9. The molecule has 3 saturated carbocycles. The summed E-state index contributed by atoms with van der Waals surface area (Å²) in [6, 6.07) is 0. The molecule has 0 saturated heterocycles. The third-order valence-corrected chi connectivity index (χ3v) is 19.5. The van der Waals surface area contributed by atoms with E-state index in [-0.39, 0.29) is 74.0 Å². The average Bonchev–Trinajstić information content (AvgIpc) is 3.81. The van der Waals surface area contributed by atoms with Crippen LogP contribution in [0.3, 0.4) is 0 Å². The Hall–Kier alpha value is -0.520. The first-order valence-electron chi connectivity index (χ1n) is 33.9. The quantitative estimate of drug-likeness (QED) is 0.0174. The van der Waals surface area contributed by atoms with Gasteiger partial charge in [-0.25, -0.2) is 0 Å². The minimum atomic E-state index is -0.954. The van der Waals surface area contributed by atoms with Crippen molar-refractivity contribution in [3.63, 3.8) is 0 Å². The van der Waals surface area contributed by atoms with Crippen molar-refractivity contribution in [2.75, 3.05) is 26.4 Å². The number of rotatable bonds is 43. The Kier molecular flexibility index (Phi) is 46.2. The number of ether oxygens (including phenoxy) is 2. The molecule has 5 N–H and O–H groups in total. The SMILES string of the molecule is CC(C)CCC[C@@H](C)[C@H]1CC[C@H]2[C@@H]3CC=C4C[C@@H](O)CC[C@]4(C)[C@H]3CC[C@]12C.CCCCCCCCCCCCCCCCCC(=O)OCC(O)CO.CCCCCCCCCCCCCCCCCC(=O)OCC(O)CO.[Na]. The molecule has 0 heterocycles. The van der Waals surface area contributed by atoms with Gasteiger partial charge in [-0.3, -0.25) is 9.59 Å². The molecule has 10 heteroatoms. The van der Waals surface area contributed by atoms with E-state index in [1.807, 2.05) is 0 Å². The second-order valence-electron chi connectivity index (χ2n) is 26.6. The van der Waals surface area contributed by atoms with Gasteiger partial charge in [0.2, 0.25) is 0 Å². The maximum absolute atomic E-state index is 11.4. The molecule has 2 unspecified atom stereocenters. The fraction of sp³-hybridized carbons (Fsp3) is 0.942. The van der Waals surface area contributed by atoms with Crippen LogP contribution >= 0.6 is 0 Å². The summed E-state index contributed by atoms with van der Waals surface area (Å²) in [5.74, 6) is 4.91. The van der Waals surface area contributed by atoms with Gasteiger partial charge in [-0.15, -0.1) is 0 Å². The molecule has 0 amide bonds. The van der Waals surface area contributed by atoms with Crippen molar-refractivity contribution in [3.05, 3.63) is 11.6 Å². The van der Waals surface area contributed by atoms with E-state index in [1.54, 1.807) is 5.57 Å². The number of hydrogen-bond donors (Lipinski definition) is 5. The first-order valence-corrected chi connectivity index (χ1v) is 33.9. The predicted octanol–water partition coefficient (Wildman–Crippen LogP) is 17.3. The molecule has 0 aromatic carbocycles. The van der Waals surface area contributed by atoms with E-state index < -0.39 is 12.2 Å². The number of allylic oxidation sites excluding steroid dienone is 1. The second kappa shape index (κ2) is 47.7. The minimum Gasteiger partial charge on any atom is -0.463 e. The van der Waals surface area contributed by atoms with Gasteiger partial charge < -0.3 is 35.0 Å².